The lowest BCUT2D eigenvalue weighted by Crippen LogP contribution is -2.23. The van der Waals surface area contributed by atoms with Crippen LogP contribution in [0.4, 0.5) is 0 Å². The molecule has 3 rings (SSSR count). The Morgan fingerprint density at radius 3 is 3.11 bits per heavy atom. The van der Waals surface area contributed by atoms with Crippen LogP contribution < -0.4 is 5.56 Å². The standard InChI is InChI=1S/C13H16N2O2S/c1-17-7-6-15-8-14-12-11(13(15)16)9-4-2-3-5-10(9)18-12/h8H,2-7H2,1H3. The lowest BCUT2D eigenvalue weighted by Gasteiger charge is -2.10. The van der Waals surface area contributed by atoms with Crippen LogP contribution in [0.25, 0.3) is 10.2 Å². The average molecular weight is 264 g/mol. The molecular formula is C13H16N2O2S. The largest absolute Gasteiger partial charge is 0.383 e. The predicted molar refractivity (Wildman–Crippen MR) is 72.4 cm³/mol. The molecule has 0 saturated carbocycles. The van der Waals surface area contributed by atoms with Gasteiger partial charge in [-0.1, -0.05) is 0 Å². The molecule has 0 spiro atoms. The van der Waals surface area contributed by atoms with Crippen molar-refractivity contribution in [3.8, 4) is 0 Å². The van der Waals surface area contributed by atoms with Crippen molar-refractivity contribution in [2.75, 3.05) is 13.7 Å². The van der Waals surface area contributed by atoms with Crippen LogP contribution in [-0.4, -0.2) is 23.3 Å². The van der Waals surface area contributed by atoms with Crippen molar-refractivity contribution in [3.63, 3.8) is 0 Å². The Morgan fingerprint density at radius 2 is 2.28 bits per heavy atom. The van der Waals surface area contributed by atoms with E-state index in [0.29, 0.717) is 13.2 Å². The predicted octanol–water partition coefficient (Wildman–Crippen LogP) is 1.98. The summed E-state index contributed by atoms with van der Waals surface area (Å²) in [4.78, 5) is 19.1. The normalized spacial score (nSPS) is 14.9. The number of aromatic nitrogens is 2. The van der Waals surface area contributed by atoms with Gasteiger partial charge in [0.1, 0.15) is 4.83 Å². The van der Waals surface area contributed by atoms with Crippen molar-refractivity contribution in [2.45, 2.75) is 32.2 Å². The van der Waals surface area contributed by atoms with Crippen LogP contribution in [-0.2, 0) is 24.1 Å². The van der Waals surface area contributed by atoms with E-state index in [4.69, 9.17) is 4.74 Å². The number of nitrogens with zero attached hydrogens (tertiary/aromatic N) is 2. The Hall–Kier alpha value is -1.20. The fraction of sp³-hybridized carbons (Fsp3) is 0.538. The Bertz CT molecular complexity index is 630. The molecule has 1 aliphatic carbocycles. The number of hydrogen-bond donors (Lipinski definition) is 0. The van der Waals surface area contributed by atoms with Gasteiger partial charge in [0, 0.05) is 12.0 Å². The highest BCUT2D eigenvalue weighted by Gasteiger charge is 2.19. The van der Waals surface area contributed by atoms with Crippen LogP contribution in [0.5, 0.6) is 0 Å². The quantitative estimate of drug-likeness (QED) is 0.851. The first kappa shape index (κ1) is 11.9. The van der Waals surface area contributed by atoms with Crippen molar-refractivity contribution in [3.05, 3.63) is 27.1 Å². The third-order valence-electron chi connectivity index (χ3n) is 3.48. The van der Waals surface area contributed by atoms with Crippen molar-refractivity contribution in [2.24, 2.45) is 0 Å². The SMILES string of the molecule is COCCn1cnc2sc3c(c2c1=O)CCCC3. The molecule has 0 fully saturated rings. The monoisotopic (exact) mass is 264 g/mol. The van der Waals surface area contributed by atoms with E-state index in [2.05, 4.69) is 4.98 Å². The number of thiophene rings is 1. The molecule has 0 N–H and O–H groups in total. The lowest BCUT2D eigenvalue weighted by molar-refractivity contribution is 0.186. The molecule has 1 aliphatic rings. The molecule has 4 nitrogen and oxygen atoms in total. The molecule has 5 heteroatoms. The van der Waals surface area contributed by atoms with Gasteiger partial charge in [0.25, 0.3) is 5.56 Å². The van der Waals surface area contributed by atoms with E-state index in [0.717, 1.165) is 23.1 Å². The van der Waals surface area contributed by atoms with E-state index in [9.17, 15) is 4.79 Å². The van der Waals surface area contributed by atoms with Gasteiger partial charge in [0.2, 0.25) is 0 Å². The fourth-order valence-electron chi connectivity index (χ4n) is 2.53. The minimum atomic E-state index is 0.0939. The molecule has 0 amide bonds. The van der Waals surface area contributed by atoms with Crippen LogP contribution in [0.1, 0.15) is 23.3 Å². The minimum absolute atomic E-state index is 0.0939. The number of aryl methyl sites for hydroxylation is 2. The van der Waals surface area contributed by atoms with Crippen molar-refractivity contribution >= 4 is 21.6 Å². The van der Waals surface area contributed by atoms with Crippen LogP contribution in [0.3, 0.4) is 0 Å². The van der Waals surface area contributed by atoms with E-state index < -0.39 is 0 Å². The van der Waals surface area contributed by atoms with E-state index in [1.807, 2.05) is 0 Å². The van der Waals surface area contributed by atoms with Crippen LogP contribution in [0, 0.1) is 0 Å². The summed E-state index contributed by atoms with van der Waals surface area (Å²) in [5.41, 5.74) is 1.35. The number of ether oxygens (including phenoxy) is 1. The van der Waals surface area contributed by atoms with E-state index in [1.165, 1.54) is 23.3 Å². The molecule has 2 heterocycles. The van der Waals surface area contributed by atoms with E-state index >= 15 is 0 Å². The third kappa shape index (κ3) is 1.87. The van der Waals surface area contributed by atoms with Crippen molar-refractivity contribution < 1.29 is 4.74 Å². The molecule has 0 atom stereocenters. The molecule has 0 saturated heterocycles. The smallest absolute Gasteiger partial charge is 0.262 e. The zero-order chi connectivity index (χ0) is 12.5. The first-order chi connectivity index (χ1) is 8.81. The summed E-state index contributed by atoms with van der Waals surface area (Å²) in [6.07, 6.45) is 6.20. The topological polar surface area (TPSA) is 44.1 Å². The number of fused-ring (bicyclic) bond motifs is 3. The van der Waals surface area contributed by atoms with Gasteiger partial charge in [-0.15, -0.1) is 11.3 Å². The van der Waals surface area contributed by atoms with E-state index in [-0.39, 0.29) is 5.56 Å². The molecule has 0 bridgehead atoms. The highest BCUT2D eigenvalue weighted by Crippen LogP contribution is 2.33. The summed E-state index contributed by atoms with van der Waals surface area (Å²) >= 11 is 1.69. The van der Waals surface area contributed by atoms with Gasteiger partial charge < -0.3 is 4.74 Å². The third-order valence-corrected chi connectivity index (χ3v) is 4.68. The first-order valence-electron chi connectivity index (χ1n) is 6.30. The summed E-state index contributed by atoms with van der Waals surface area (Å²) < 4.78 is 6.68. The highest BCUT2D eigenvalue weighted by molar-refractivity contribution is 7.18. The summed E-state index contributed by atoms with van der Waals surface area (Å²) in [5, 5.41) is 0.855. The summed E-state index contributed by atoms with van der Waals surface area (Å²) in [7, 11) is 1.64. The van der Waals surface area contributed by atoms with Gasteiger partial charge in [0.15, 0.2) is 0 Å². The van der Waals surface area contributed by atoms with Gasteiger partial charge in [0.05, 0.1) is 24.9 Å². The maximum Gasteiger partial charge on any atom is 0.262 e. The zero-order valence-corrected chi connectivity index (χ0v) is 11.3. The number of rotatable bonds is 3. The number of hydrogen-bond acceptors (Lipinski definition) is 4. The second-order valence-electron chi connectivity index (χ2n) is 4.63. The molecule has 2 aromatic heterocycles. The summed E-state index contributed by atoms with van der Waals surface area (Å²) in [6, 6.07) is 0. The Balaban J connectivity index is 2.15. The number of methoxy groups -OCH3 is 1. The molecular weight excluding hydrogens is 248 g/mol. The van der Waals surface area contributed by atoms with Crippen molar-refractivity contribution in [1.82, 2.24) is 9.55 Å². The second-order valence-corrected chi connectivity index (χ2v) is 5.71. The van der Waals surface area contributed by atoms with Gasteiger partial charge in [-0.05, 0) is 31.2 Å². The molecule has 0 aliphatic heterocycles. The Morgan fingerprint density at radius 1 is 1.44 bits per heavy atom. The molecule has 0 unspecified atom stereocenters. The molecule has 18 heavy (non-hydrogen) atoms. The average Bonchev–Trinajstić information content (AvgIpc) is 2.77. The molecule has 0 radical (unpaired) electrons. The lowest BCUT2D eigenvalue weighted by atomic mass is 9.97. The van der Waals surface area contributed by atoms with Crippen LogP contribution in [0.2, 0.25) is 0 Å². The van der Waals surface area contributed by atoms with Gasteiger partial charge in [-0.3, -0.25) is 9.36 Å². The van der Waals surface area contributed by atoms with Crippen molar-refractivity contribution in [1.29, 1.82) is 0 Å². The Labute approximate surface area is 109 Å². The molecule has 96 valence electrons. The van der Waals surface area contributed by atoms with Gasteiger partial charge in [-0.25, -0.2) is 4.98 Å². The maximum absolute atomic E-state index is 12.4. The second kappa shape index (κ2) is 4.82. The van der Waals surface area contributed by atoms with Crippen LogP contribution >= 0.6 is 11.3 Å². The summed E-state index contributed by atoms with van der Waals surface area (Å²) in [5.74, 6) is 0. The molecule has 0 aromatic carbocycles. The van der Waals surface area contributed by atoms with Gasteiger partial charge >= 0.3 is 0 Å². The van der Waals surface area contributed by atoms with Crippen LogP contribution in [0.15, 0.2) is 11.1 Å². The van der Waals surface area contributed by atoms with E-state index in [1.54, 1.807) is 29.3 Å². The first-order valence-corrected chi connectivity index (χ1v) is 7.11. The minimum Gasteiger partial charge on any atom is -0.383 e. The zero-order valence-electron chi connectivity index (χ0n) is 10.4. The maximum atomic E-state index is 12.4. The fourth-order valence-corrected chi connectivity index (χ4v) is 3.75. The van der Waals surface area contributed by atoms with Gasteiger partial charge in [-0.2, -0.15) is 0 Å². The molecule has 2 aromatic rings. The Kier molecular flexibility index (Phi) is 3.18. The summed E-state index contributed by atoms with van der Waals surface area (Å²) in [6.45, 7) is 1.11. The highest BCUT2D eigenvalue weighted by atomic mass is 32.1.